The molecule has 1 aromatic carbocycles. The van der Waals surface area contributed by atoms with Gasteiger partial charge in [-0.05, 0) is 56.2 Å². The molecule has 0 aliphatic heterocycles. The lowest BCUT2D eigenvalue weighted by atomic mass is 10.1. The number of carbonyl (C=O) groups excluding carboxylic acids is 1. The van der Waals surface area contributed by atoms with Crippen LogP contribution in [0.1, 0.15) is 18.1 Å². The van der Waals surface area contributed by atoms with Crippen LogP contribution in [0.4, 0.5) is 0 Å². The predicted octanol–water partition coefficient (Wildman–Crippen LogP) is 3.32. The Hall–Kier alpha value is -3.35. The Morgan fingerprint density at radius 2 is 2.00 bits per heavy atom. The van der Waals surface area contributed by atoms with E-state index in [1.165, 1.54) is 0 Å². The summed E-state index contributed by atoms with van der Waals surface area (Å²) in [5, 5.41) is 10.8. The van der Waals surface area contributed by atoms with E-state index in [0.29, 0.717) is 29.6 Å². The molecular weight excluding hydrogens is 358 g/mol. The van der Waals surface area contributed by atoms with Crippen LogP contribution >= 0.6 is 0 Å². The van der Waals surface area contributed by atoms with E-state index in [1.54, 1.807) is 31.4 Å². The van der Waals surface area contributed by atoms with Gasteiger partial charge in [0.05, 0.1) is 12.8 Å². The summed E-state index contributed by atoms with van der Waals surface area (Å²) in [6.45, 7) is 6.31. The number of ether oxygens (including phenoxy) is 2. The number of nitrogens with one attached hydrogen (secondary N) is 1. The molecule has 3 aromatic rings. The lowest BCUT2D eigenvalue weighted by Gasteiger charge is -2.17. The Morgan fingerprint density at radius 3 is 2.71 bits per heavy atom. The Bertz CT molecular complexity index is 908. The molecule has 0 saturated heterocycles. The molecule has 1 amide bonds. The summed E-state index contributed by atoms with van der Waals surface area (Å²) in [7, 11) is 0. The van der Waals surface area contributed by atoms with Crippen molar-refractivity contribution in [3.05, 3.63) is 59.9 Å². The minimum atomic E-state index is -0.604. The van der Waals surface area contributed by atoms with E-state index in [1.807, 2.05) is 38.1 Å². The quantitative estimate of drug-likeness (QED) is 0.603. The number of aryl methyl sites for hydroxylation is 1. The molecule has 1 atom stereocenters. The van der Waals surface area contributed by atoms with Gasteiger partial charge in [0, 0.05) is 6.07 Å². The average Bonchev–Trinajstić information content (AvgIpc) is 3.24. The van der Waals surface area contributed by atoms with E-state index >= 15 is 0 Å². The molecule has 0 aliphatic rings. The molecule has 1 N–H and O–H groups in total. The SMILES string of the molecule is Cc1cccc(OC(C)C(=O)NCCOc2ccc(-c3ccco3)nn2)c1C. The highest BCUT2D eigenvalue weighted by molar-refractivity contribution is 5.80. The molecule has 0 aliphatic carbocycles. The van der Waals surface area contributed by atoms with E-state index in [4.69, 9.17) is 13.9 Å². The lowest BCUT2D eigenvalue weighted by Crippen LogP contribution is -2.38. The van der Waals surface area contributed by atoms with Crippen molar-refractivity contribution in [3.8, 4) is 23.1 Å². The maximum Gasteiger partial charge on any atom is 0.260 e. The van der Waals surface area contributed by atoms with Gasteiger partial charge < -0.3 is 19.2 Å². The second-order valence-corrected chi connectivity index (χ2v) is 6.33. The van der Waals surface area contributed by atoms with E-state index in [2.05, 4.69) is 15.5 Å². The summed E-state index contributed by atoms with van der Waals surface area (Å²) in [6.07, 6.45) is 0.975. The van der Waals surface area contributed by atoms with Crippen LogP contribution in [0.15, 0.2) is 53.1 Å². The number of hydrogen-bond donors (Lipinski definition) is 1. The van der Waals surface area contributed by atoms with Crippen LogP contribution in [-0.2, 0) is 4.79 Å². The van der Waals surface area contributed by atoms with Crippen molar-refractivity contribution in [2.75, 3.05) is 13.2 Å². The number of amides is 1. The highest BCUT2D eigenvalue weighted by Gasteiger charge is 2.15. The molecule has 7 nitrogen and oxygen atoms in total. The van der Waals surface area contributed by atoms with E-state index in [9.17, 15) is 4.79 Å². The van der Waals surface area contributed by atoms with Crippen LogP contribution in [0.25, 0.3) is 11.5 Å². The maximum atomic E-state index is 12.2. The molecule has 28 heavy (non-hydrogen) atoms. The monoisotopic (exact) mass is 381 g/mol. The second-order valence-electron chi connectivity index (χ2n) is 6.33. The third-order valence-electron chi connectivity index (χ3n) is 4.29. The summed E-state index contributed by atoms with van der Waals surface area (Å²) < 4.78 is 16.5. The predicted molar refractivity (Wildman–Crippen MR) is 104 cm³/mol. The van der Waals surface area contributed by atoms with Crippen LogP contribution in [0.5, 0.6) is 11.6 Å². The van der Waals surface area contributed by atoms with Crippen molar-refractivity contribution < 1.29 is 18.7 Å². The van der Waals surface area contributed by atoms with Gasteiger partial charge in [-0.1, -0.05) is 12.1 Å². The first-order valence-electron chi connectivity index (χ1n) is 9.05. The fraction of sp³-hybridized carbons (Fsp3) is 0.286. The standard InChI is InChI=1S/C21H23N3O4/c1-14-6-4-7-18(15(14)2)28-16(3)21(25)22-11-13-27-20-10-9-17(23-24-20)19-8-5-12-26-19/h4-10,12,16H,11,13H2,1-3H3,(H,22,25). The summed E-state index contributed by atoms with van der Waals surface area (Å²) in [5.74, 6) is 1.53. The van der Waals surface area contributed by atoms with Crippen molar-refractivity contribution in [1.29, 1.82) is 0 Å². The molecular formula is C21H23N3O4. The van der Waals surface area contributed by atoms with Crippen LogP contribution in [0, 0.1) is 13.8 Å². The fourth-order valence-electron chi connectivity index (χ4n) is 2.52. The zero-order valence-corrected chi connectivity index (χ0v) is 16.1. The number of aromatic nitrogens is 2. The smallest absolute Gasteiger partial charge is 0.260 e. The van der Waals surface area contributed by atoms with Gasteiger partial charge in [0.15, 0.2) is 11.9 Å². The number of furan rings is 1. The summed E-state index contributed by atoms with van der Waals surface area (Å²) in [5.41, 5.74) is 2.78. The van der Waals surface area contributed by atoms with Crippen LogP contribution in [-0.4, -0.2) is 35.4 Å². The third-order valence-corrected chi connectivity index (χ3v) is 4.29. The molecule has 0 fully saturated rings. The highest BCUT2D eigenvalue weighted by atomic mass is 16.5. The van der Waals surface area contributed by atoms with Crippen LogP contribution in [0.2, 0.25) is 0 Å². The lowest BCUT2D eigenvalue weighted by molar-refractivity contribution is -0.127. The Balaban J connectivity index is 1.42. The average molecular weight is 381 g/mol. The molecule has 2 aromatic heterocycles. The molecule has 3 rings (SSSR count). The number of nitrogens with zero attached hydrogens (tertiary/aromatic N) is 2. The molecule has 0 bridgehead atoms. The van der Waals surface area contributed by atoms with Gasteiger partial charge in [0.2, 0.25) is 5.88 Å². The fourth-order valence-corrected chi connectivity index (χ4v) is 2.52. The van der Waals surface area contributed by atoms with E-state index in [-0.39, 0.29) is 12.5 Å². The second kappa shape index (κ2) is 9.03. The first kappa shape index (κ1) is 19.4. The minimum absolute atomic E-state index is 0.205. The van der Waals surface area contributed by atoms with Gasteiger partial charge >= 0.3 is 0 Å². The van der Waals surface area contributed by atoms with Crippen LogP contribution < -0.4 is 14.8 Å². The normalized spacial score (nSPS) is 11.7. The first-order chi connectivity index (χ1) is 13.5. The highest BCUT2D eigenvalue weighted by Crippen LogP contribution is 2.21. The van der Waals surface area contributed by atoms with Gasteiger partial charge in [0.25, 0.3) is 5.91 Å². The zero-order valence-electron chi connectivity index (χ0n) is 16.1. The van der Waals surface area contributed by atoms with Gasteiger partial charge in [-0.25, -0.2) is 0 Å². The minimum Gasteiger partial charge on any atom is -0.481 e. The summed E-state index contributed by atoms with van der Waals surface area (Å²) in [6, 6.07) is 12.8. The molecule has 0 radical (unpaired) electrons. The molecule has 146 valence electrons. The van der Waals surface area contributed by atoms with Gasteiger partial charge in [0.1, 0.15) is 18.1 Å². The van der Waals surface area contributed by atoms with E-state index in [0.717, 1.165) is 11.1 Å². The molecule has 0 spiro atoms. The molecule has 1 unspecified atom stereocenters. The van der Waals surface area contributed by atoms with Crippen molar-refractivity contribution >= 4 is 5.91 Å². The van der Waals surface area contributed by atoms with Crippen molar-refractivity contribution in [2.45, 2.75) is 26.9 Å². The topological polar surface area (TPSA) is 86.5 Å². The Labute approximate surface area is 163 Å². The Morgan fingerprint density at radius 1 is 1.14 bits per heavy atom. The molecule has 0 saturated carbocycles. The Kier molecular flexibility index (Phi) is 6.26. The van der Waals surface area contributed by atoms with Gasteiger partial charge in [-0.2, -0.15) is 0 Å². The maximum absolute atomic E-state index is 12.2. The van der Waals surface area contributed by atoms with Crippen molar-refractivity contribution in [1.82, 2.24) is 15.5 Å². The number of rotatable bonds is 8. The molecule has 7 heteroatoms. The zero-order chi connectivity index (χ0) is 19.9. The summed E-state index contributed by atoms with van der Waals surface area (Å²) >= 11 is 0. The van der Waals surface area contributed by atoms with E-state index < -0.39 is 6.10 Å². The molecule has 2 heterocycles. The van der Waals surface area contributed by atoms with Crippen LogP contribution in [0.3, 0.4) is 0 Å². The largest absolute Gasteiger partial charge is 0.481 e. The first-order valence-corrected chi connectivity index (χ1v) is 9.05. The van der Waals surface area contributed by atoms with Crippen molar-refractivity contribution in [2.24, 2.45) is 0 Å². The number of hydrogen-bond acceptors (Lipinski definition) is 6. The number of carbonyl (C=O) groups is 1. The van der Waals surface area contributed by atoms with Gasteiger partial charge in [-0.3, -0.25) is 4.79 Å². The number of benzene rings is 1. The van der Waals surface area contributed by atoms with Gasteiger partial charge in [-0.15, -0.1) is 10.2 Å². The summed E-state index contributed by atoms with van der Waals surface area (Å²) in [4.78, 5) is 12.2. The third kappa shape index (κ3) is 4.88. The van der Waals surface area contributed by atoms with Crippen molar-refractivity contribution in [3.63, 3.8) is 0 Å².